The Morgan fingerprint density at radius 2 is 1.67 bits per heavy atom. The van der Waals surface area contributed by atoms with Crippen LogP contribution >= 0.6 is 0 Å². The van der Waals surface area contributed by atoms with Crippen molar-refractivity contribution in [3.63, 3.8) is 0 Å². The van der Waals surface area contributed by atoms with Crippen molar-refractivity contribution in [2.24, 2.45) is 0 Å². The van der Waals surface area contributed by atoms with Crippen molar-refractivity contribution in [2.75, 3.05) is 36.8 Å². The Morgan fingerprint density at radius 3 is 2.30 bits per heavy atom. The van der Waals surface area contributed by atoms with E-state index in [9.17, 15) is 14.4 Å². The third-order valence-electron chi connectivity index (χ3n) is 4.22. The number of nitrogens with zero attached hydrogens (tertiary/aromatic N) is 3. The number of pyridine rings is 1. The molecule has 0 atom stereocenters. The average Bonchev–Trinajstić information content (AvgIpc) is 2.69. The monoisotopic (exact) mass is 367 g/mol. The summed E-state index contributed by atoms with van der Waals surface area (Å²) in [5.74, 6) is -0.271. The van der Waals surface area contributed by atoms with Crippen LogP contribution in [0.4, 0.5) is 17.1 Å². The number of hydrogen-bond donors (Lipinski definition) is 2. The fourth-order valence-electron chi connectivity index (χ4n) is 2.82. The van der Waals surface area contributed by atoms with Gasteiger partial charge in [-0.25, -0.2) is 0 Å². The Bertz CT molecular complexity index is 829. The van der Waals surface area contributed by atoms with Crippen LogP contribution < -0.4 is 10.6 Å². The smallest absolute Gasteiger partial charge is 0.272 e. The summed E-state index contributed by atoms with van der Waals surface area (Å²) in [5, 5.41) is 5.93. The van der Waals surface area contributed by atoms with Crippen molar-refractivity contribution in [3.8, 4) is 0 Å². The Balaban J connectivity index is 1.65. The fraction of sp³-hybridized carbons (Fsp3) is 0.263. The fourth-order valence-corrected chi connectivity index (χ4v) is 2.82. The van der Waals surface area contributed by atoms with E-state index in [0.717, 1.165) is 17.8 Å². The van der Waals surface area contributed by atoms with Gasteiger partial charge in [-0.1, -0.05) is 0 Å². The lowest BCUT2D eigenvalue weighted by Crippen LogP contribution is -2.48. The van der Waals surface area contributed by atoms with Crippen LogP contribution in [0.5, 0.6) is 0 Å². The van der Waals surface area contributed by atoms with E-state index in [0.29, 0.717) is 37.6 Å². The molecule has 140 valence electrons. The zero-order valence-corrected chi connectivity index (χ0v) is 15.0. The maximum absolute atomic E-state index is 12.6. The van der Waals surface area contributed by atoms with Gasteiger partial charge in [-0.15, -0.1) is 0 Å². The van der Waals surface area contributed by atoms with Crippen LogP contribution in [0.1, 0.15) is 17.4 Å². The van der Waals surface area contributed by atoms with Crippen molar-refractivity contribution < 1.29 is 14.4 Å². The van der Waals surface area contributed by atoms with Crippen molar-refractivity contribution in [2.45, 2.75) is 6.92 Å². The predicted octanol–water partition coefficient (Wildman–Crippen LogP) is 1.70. The first-order chi connectivity index (χ1) is 13.0. The van der Waals surface area contributed by atoms with Gasteiger partial charge in [0, 0.05) is 56.4 Å². The molecular weight excluding hydrogens is 346 g/mol. The molecule has 1 aliphatic heterocycles. The molecule has 0 bridgehead atoms. The minimum Gasteiger partial charge on any atom is -0.355 e. The highest BCUT2D eigenvalue weighted by molar-refractivity contribution is 5.93. The molecule has 0 aliphatic carbocycles. The van der Waals surface area contributed by atoms with E-state index in [1.807, 2.05) is 12.1 Å². The first-order valence-corrected chi connectivity index (χ1v) is 8.64. The summed E-state index contributed by atoms with van der Waals surface area (Å²) in [5.41, 5.74) is 2.64. The van der Waals surface area contributed by atoms with Crippen LogP contribution in [-0.4, -0.2) is 59.2 Å². The van der Waals surface area contributed by atoms with E-state index in [2.05, 4.69) is 15.6 Å². The van der Waals surface area contributed by atoms with E-state index < -0.39 is 0 Å². The highest BCUT2D eigenvalue weighted by Crippen LogP contribution is 2.20. The lowest BCUT2D eigenvalue weighted by atomic mass is 10.2. The van der Waals surface area contributed by atoms with Gasteiger partial charge in [-0.3, -0.25) is 19.4 Å². The van der Waals surface area contributed by atoms with Gasteiger partial charge in [-0.05, 0) is 36.4 Å². The lowest BCUT2D eigenvalue weighted by molar-refractivity contribution is -0.119. The van der Waals surface area contributed by atoms with E-state index in [1.54, 1.807) is 40.3 Å². The summed E-state index contributed by atoms with van der Waals surface area (Å²) in [6, 6.07) is 10.8. The molecule has 1 fully saturated rings. The van der Waals surface area contributed by atoms with Crippen molar-refractivity contribution >= 4 is 35.3 Å². The van der Waals surface area contributed by atoms with Crippen LogP contribution in [-0.2, 0) is 9.59 Å². The van der Waals surface area contributed by atoms with Gasteiger partial charge >= 0.3 is 0 Å². The molecule has 0 spiro atoms. The Labute approximate surface area is 157 Å². The van der Waals surface area contributed by atoms with Gasteiger partial charge in [0.15, 0.2) is 0 Å². The number of amides is 3. The van der Waals surface area contributed by atoms with Gasteiger partial charge in [0.05, 0.1) is 0 Å². The normalized spacial score (nSPS) is 13.8. The molecule has 1 aliphatic rings. The van der Waals surface area contributed by atoms with Crippen molar-refractivity contribution in [1.82, 2.24) is 14.8 Å². The predicted molar refractivity (Wildman–Crippen MR) is 102 cm³/mol. The third kappa shape index (κ3) is 4.81. The second kappa shape index (κ2) is 8.31. The molecule has 1 aromatic carbocycles. The number of carbonyl (C=O) groups is 3. The topological polar surface area (TPSA) is 94.6 Å². The SMILES string of the molecule is CC(=O)Nc1ccc(Nc2ccnc(C(=O)N3CCN(C=O)CC3)c2)cc1. The van der Waals surface area contributed by atoms with E-state index in [1.165, 1.54) is 6.92 Å². The molecule has 27 heavy (non-hydrogen) atoms. The number of hydrogen-bond acceptors (Lipinski definition) is 5. The summed E-state index contributed by atoms with van der Waals surface area (Å²) in [6.07, 6.45) is 2.39. The summed E-state index contributed by atoms with van der Waals surface area (Å²) < 4.78 is 0. The minimum absolute atomic E-state index is 0.123. The minimum atomic E-state index is -0.148. The molecule has 2 heterocycles. The number of benzene rings is 1. The molecule has 0 unspecified atom stereocenters. The Hall–Kier alpha value is -3.42. The number of rotatable bonds is 5. The molecular formula is C19H21N5O3. The van der Waals surface area contributed by atoms with Crippen molar-refractivity contribution in [3.05, 3.63) is 48.3 Å². The number of piperazine rings is 1. The second-order valence-corrected chi connectivity index (χ2v) is 6.25. The van der Waals surface area contributed by atoms with E-state index >= 15 is 0 Å². The first-order valence-electron chi connectivity index (χ1n) is 8.64. The van der Waals surface area contributed by atoms with E-state index in [4.69, 9.17) is 0 Å². The highest BCUT2D eigenvalue weighted by Gasteiger charge is 2.22. The molecule has 2 N–H and O–H groups in total. The molecule has 3 amide bonds. The van der Waals surface area contributed by atoms with Gasteiger partial charge in [-0.2, -0.15) is 0 Å². The molecule has 1 aromatic heterocycles. The summed E-state index contributed by atoms with van der Waals surface area (Å²) in [6.45, 7) is 3.53. The molecule has 0 saturated carbocycles. The summed E-state index contributed by atoms with van der Waals surface area (Å²) in [4.78, 5) is 42.0. The molecule has 1 saturated heterocycles. The molecule has 8 nitrogen and oxygen atoms in total. The van der Waals surface area contributed by atoms with Gasteiger partial charge in [0.2, 0.25) is 12.3 Å². The molecule has 3 rings (SSSR count). The van der Waals surface area contributed by atoms with Crippen LogP contribution in [0.25, 0.3) is 0 Å². The number of carbonyl (C=O) groups excluding carboxylic acids is 3. The summed E-state index contributed by atoms with van der Waals surface area (Å²) in [7, 11) is 0. The zero-order valence-electron chi connectivity index (χ0n) is 15.0. The third-order valence-corrected chi connectivity index (χ3v) is 4.22. The van der Waals surface area contributed by atoms with Crippen LogP contribution in [0.2, 0.25) is 0 Å². The maximum atomic E-state index is 12.6. The molecule has 0 radical (unpaired) electrons. The average molecular weight is 367 g/mol. The standard InChI is InChI=1S/C19H21N5O3/c1-14(26)21-15-2-4-16(5-3-15)22-17-6-7-20-18(12-17)19(27)24-10-8-23(13-25)9-11-24/h2-7,12-13H,8-11H2,1H3,(H,20,22)(H,21,26). The largest absolute Gasteiger partial charge is 0.355 e. The first kappa shape index (κ1) is 18.4. The molecule has 8 heteroatoms. The summed E-state index contributed by atoms with van der Waals surface area (Å²) >= 11 is 0. The quantitative estimate of drug-likeness (QED) is 0.785. The van der Waals surface area contributed by atoms with Crippen LogP contribution in [0.3, 0.4) is 0 Å². The zero-order chi connectivity index (χ0) is 19.2. The lowest BCUT2D eigenvalue weighted by Gasteiger charge is -2.32. The van der Waals surface area contributed by atoms with E-state index in [-0.39, 0.29) is 11.8 Å². The number of anilines is 3. The van der Waals surface area contributed by atoms with Crippen molar-refractivity contribution in [1.29, 1.82) is 0 Å². The Morgan fingerprint density at radius 1 is 1.00 bits per heavy atom. The van der Waals surface area contributed by atoms with Gasteiger partial charge in [0.25, 0.3) is 5.91 Å². The highest BCUT2D eigenvalue weighted by atomic mass is 16.2. The maximum Gasteiger partial charge on any atom is 0.272 e. The van der Waals surface area contributed by atoms with Gasteiger partial charge in [0.1, 0.15) is 5.69 Å². The van der Waals surface area contributed by atoms with Gasteiger partial charge < -0.3 is 20.4 Å². The molecule has 2 aromatic rings. The Kier molecular flexibility index (Phi) is 5.65. The number of nitrogens with one attached hydrogen (secondary N) is 2. The van der Waals surface area contributed by atoms with Crippen LogP contribution in [0.15, 0.2) is 42.6 Å². The van der Waals surface area contributed by atoms with Crippen LogP contribution in [0, 0.1) is 0 Å². The second-order valence-electron chi connectivity index (χ2n) is 6.25. The number of aromatic nitrogens is 1.